The van der Waals surface area contributed by atoms with Crippen LogP contribution < -0.4 is 10.2 Å². The van der Waals surface area contributed by atoms with Crippen LogP contribution in [-0.2, 0) is 25.5 Å². The van der Waals surface area contributed by atoms with Crippen LogP contribution in [0, 0.1) is 0 Å². The number of carbonyl (C=O) groups is 4. The number of nitrogens with one attached hydrogen (secondary N) is 1. The Morgan fingerprint density at radius 1 is 1.28 bits per heavy atom. The number of rotatable bonds is 6. The van der Waals surface area contributed by atoms with E-state index in [0.717, 1.165) is 0 Å². The lowest BCUT2D eigenvalue weighted by Crippen LogP contribution is -2.70. The second kappa shape index (κ2) is 8.34. The molecule has 1 N–H and O–H groups in total. The van der Waals surface area contributed by atoms with Gasteiger partial charge in [0, 0.05) is 24.3 Å². The smallest absolute Gasteiger partial charge is 0.311 e. The van der Waals surface area contributed by atoms with Crippen molar-refractivity contribution in [2.75, 3.05) is 16.8 Å². The molecule has 0 unspecified atom stereocenters. The van der Waals surface area contributed by atoms with Crippen molar-refractivity contribution in [2.24, 2.45) is 0 Å². The van der Waals surface area contributed by atoms with E-state index in [0.29, 0.717) is 16.9 Å². The molecule has 1 aromatic heterocycles. The molecule has 3 amide bonds. The van der Waals surface area contributed by atoms with Crippen molar-refractivity contribution in [2.45, 2.75) is 51.7 Å². The number of amides is 3. The van der Waals surface area contributed by atoms with Crippen LogP contribution in [-0.4, -0.2) is 51.9 Å². The number of para-hydroxylation sites is 1. The molecule has 2 aromatic rings. The highest BCUT2D eigenvalue weighted by molar-refractivity contribution is 7.14. The minimum atomic E-state index is -1.48. The lowest BCUT2D eigenvalue weighted by molar-refractivity contribution is -0.142. The number of hydrogen-bond donors (Lipinski definition) is 1. The Morgan fingerprint density at radius 3 is 2.75 bits per heavy atom. The molecule has 9 nitrogen and oxygen atoms in total. The molecular formula is C22H24N4O5S. The molecule has 10 heteroatoms. The molecule has 1 aromatic carbocycles. The number of carbonyl (C=O) groups excluding carboxylic acids is 4. The minimum Gasteiger partial charge on any atom is -0.466 e. The first-order chi connectivity index (χ1) is 15.3. The van der Waals surface area contributed by atoms with Gasteiger partial charge in [0.15, 0.2) is 5.13 Å². The summed E-state index contributed by atoms with van der Waals surface area (Å²) in [6, 6.07) is 6.52. The number of ether oxygens (including phenoxy) is 1. The van der Waals surface area contributed by atoms with Crippen molar-refractivity contribution >= 4 is 45.8 Å². The molecule has 0 aliphatic carbocycles. The number of nitrogens with zero attached hydrogens (tertiary/aromatic N) is 3. The van der Waals surface area contributed by atoms with Gasteiger partial charge in [0.05, 0.1) is 30.0 Å². The van der Waals surface area contributed by atoms with E-state index in [1.807, 2.05) is 13.8 Å². The van der Waals surface area contributed by atoms with Crippen molar-refractivity contribution in [3.63, 3.8) is 0 Å². The Bertz CT molecular complexity index is 1100. The number of fused-ring (bicyclic) bond motifs is 3. The summed E-state index contributed by atoms with van der Waals surface area (Å²) in [5.74, 6) is -1.41. The third-order valence-corrected chi connectivity index (χ3v) is 6.39. The summed E-state index contributed by atoms with van der Waals surface area (Å²) < 4.78 is 4.93. The molecular weight excluding hydrogens is 432 g/mol. The Balaban J connectivity index is 1.69. The van der Waals surface area contributed by atoms with Crippen LogP contribution in [0.1, 0.15) is 49.7 Å². The predicted molar refractivity (Wildman–Crippen MR) is 118 cm³/mol. The molecule has 2 aliphatic rings. The van der Waals surface area contributed by atoms with Gasteiger partial charge in [-0.15, -0.1) is 11.3 Å². The lowest BCUT2D eigenvalue weighted by atomic mass is 9.94. The molecule has 1 fully saturated rings. The molecule has 168 valence electrons. The highest BCUT2D eigenvalue weighted by Gasteiger charge is 2.61. The van der Waals surface area contributed by atoms with Crippen LogP contribution in [0.5, 0.6) is 0 Å². The molecule has 4 rings (SSSR count). The zero-order chi connectivity index (χ0) is 23.0. The second-order valence-corrected chi connectivity index (χ2v) is 8.77. The molecule has 0 bridgehead atoms. The summed E-state index contributed by atoms with van der Waals surface area (Å²) >= 11 is 1.17. The normalized spacial score (nSPS) is 19.8. The van der Waals surface area contributed by atoms with Crippen molar-refractivity contribution in [1.82, 2.24) is 9.88 Å². The van der Waals surface area contributed by atoms with Crippen molar-refractivity contribution in [3.05, 3.63) is 40.9 Å². The number of thiazole rings is 1. The first-order valence-electron chi connectivity index (χ1n) is 10.5. The van der Waals surface area contributed by atoms with E-state index in [-0.39, 0.29) is 48.9 Å². The zero-order valence-electron chi connectivity index (χ0n) is 18.1. The molecule has 32 heavy (non-hydrogen) atoms. The van der Waals surface area contributed by atoms with Gasteiger partial charge < -0.3 is 9.64 Å². The molecule has 2 aliphatic heterocycles. The molecule has 0 saturated carbocycles. The monoisotopic (exact) mass is 456 g/mol. The first-order valence-corrected chi connectivity index (χ1v) is 11.3. The lowest BCUT2D eigenvalue weighted by Gasteiger charge is -2.50. The predicted octanol–water partition coefficient (Wildman–Crippen LogP) is 2.57. The number of aromatic nitrogens is 1. The molecule has 0 radical (unpaired) electrons. The van der Waals surface area contributed by atoms with Crippen molar-refractivity contribution in [3.8, 4) is 0 Å². The van der Waals surface area contributed by atoms with Crippen LogP contribution >= 0.6 is 11.3 Å². The second-order valence-electron chi connectivity index (χ2n) is 7.91. The average Bonchev–Trinajstić information content (AvgIpc) is 3.33. The van der Waals surface area contributed by atoms with Crippen molar-refractivity contribution in [1.29, 1.82) is 0 Å². The number of anilines is 2. The summed E-state index contributed by atoms with van der Waals surface area (Å²) in [5, 5.41) is 4.74. The molecule has 1 atom stereocenters. The summed E-state index contributed by atoms with van der Waals surface area (Å²) in [6.45, 7) is 5.65. The van der Waals surface area contributed by atoms with Crippen molar-refractivity contribution < 1.29 is 23.9 Å². The van der Waals surface area contributed by atoms with E-state index in [1.165, 1.54) is 21.1 Å². The van der Waals surface area contributed by atoms with Gasteiger partial charge in [-0.05, 0) is 32.9 Å². The van der Waals surface area contributed by atoms with E-state index < -0.39 is 17.5 Å². The van der Waals surface area contributed by atoms with Gasteiger partial charge in [0.2, 0.25) is 11.6 Å². The van der Waals surface area contributed by atoms with Crippen LogP contribution in [0.3, 0.4) is 0 Å². The molecule has 3 heterocycles. The summed E-state index contributed by atoms with van der Waals surface area (Å²) in [6.07, 6.45) is 0.321. The highest BCUT2D eigenvalue weighted by atomic mass is 32.1. The minimum absolute atomic E-state index is 0.0000550. The molecule has 1 saturated heterocycles. The Labute approximate surface area is 189 Å². The topological polar surface area (TPSA) is 109 Å². The van der Waals surface area contributed by atoms with Crippen LogP contribution in [0.15, 0.2) is 29.6 Å². The van der Waals surface area contributed by atoms with E-state index in [2.05, 4.69) is 10.3 Å². The van der Waals surface area contributed by atoms with Gasteiger partial charge in [-0.25, -0.2) is 4.98 Å². The van der Waals surface area contributed by atoms with Crippen LogP contribution in [0.25, 0.3) is 0 Å². The maximum atomic E-state index is 13.7. The van der Waals surface area contributed by atoms with E-state index in [4.69, 9.17) is 4.74 Å². The Morgan fingerprint density at radius 2 is 2.03 bits per heavy atom. The number of benzene rings is 1. The van der Waals surface area contributed by atoms with Gasteiger partial charge in [-0.2, -0.15) is 0 Å². The standard InChI is InChI=1S/C22H24N4O5S/c1-4-31-18(28)11-14-12-32-21(23-14)24-20(30)22-10-9-17(27)26(22)16-8-6-5-7-15(16)19(29)25(22)13(2)3/h5-8,12-13H,4,9-11H2,1-3H3,(H,23,24,30)/t22-/m0/s1. The fraction of sp³-hybridized carbons (Fsp3) is 0.409. The Kier molecular flexibility index (Phi) is 5.72. The van der Waals surface area contributed by atoms with E-state index >= 15 is 0 Å². The maximum Gasteiger partial charge on any atom is 0.311 e. The number of hydrogen-bond acceptors (Lipinski definition) is 7. The van der Waals surface area contributed by atoms with E-state index in [9.17, 15) is 19.2 Å². The van der Waals surface area contributed by atoms with Gasteiger partial charge >= 0.3 is 5.97 Å². The summed E-state index contributed by atoms with van der Waals surface area (Å²) in [5.41, 5.74) is -0.171. The van der Waals surface area contributed by atoms with Crippen LogP contribution in [0.4, 0.5) is 10.8 Å². The maximum absolute atomic E-state index is 13.7. The summed E-state index contributed by atoms with van der Waals surface area (Å²) in [4.78, 5) is 59.0. The quantitative estimate of drug-likeness (QED) is 0.669. The summed E-state index contributed by atoms with van der Waals surface area (Å²) in [7, 11) is 0. The van der Waals surface area contributed by atoms with Gasteiger partial charge in [0.1, 0.15) is 0 Å². The fourth-order valence-corrected chi connectivity index (χ4v) is 5.11. The van der Waals surface area contributed by atoms with Gasteiger partial charge in [-0.3, -0.25) is 29.4 Å². The van der Waals surface area contributed by atoms with Gasteiger partial charge in [-0.1, -0.05) is 12.1 Å². The third-order valence-electron chi connectivity index (χ3n) is 5.58. The average molecular weight is 457 g/mol. The fourth-order valence-electron chi connectivity index (χ4n) is 4.41. The molecule has 0 spiro atoms. The van der Waals surface area contributed by atoms with Gasteiger partial charge in [0.25, 0.3) is 11.8 Å². The highest BCUT2D eigenvalue weighted by Crippen LogP contribution is 2.45. The van der Waals surface area contributed by atoms with E-state index in [1.54, 1.807) is 36.6 Å². The van der Waals surface area contributed by atoms with Crippen LogP contribution in [0.2, 0.25) is 0 Å². The largest absolute Gasteiger partial charge is 0.466 e. The number of esters is 1. The Hall–Kier alpha value is -3.27. The third kappa shape index (κ3) is 3.44. The first kappa shape index (κ1) is 21.9. The SMILES string of the molecule is CCOC(=O)Cc1csc(NC(=O)[C@]23CCC(=O)N2c2ccccc2C(=O)N3C(C)C)n1. The zero-order valence-corrected chi connectivity index (χ0v) is 18.9.